The van der Waals surface area contributed by atoms with Gasteiger partial charge in [-0.25, -0.2) is 0 Å². The molecule has 0 radical (unpaired) electrons. The van der Waals surface area contributed by atoms with Gasteiger partial charge in [-0.1, -0.05) is 5.16 Å². The van der Waals surface area contributed by atoms with Crippen molar-refractivity contribution < 1.29 is 9.63 Å². The number of likely N-dealkylation sites (tertiary alicyclic amines) is 1. The number of hydrogen-bond donors (Lipinski definition) is 1. The third-order valence-electron chi connectivity index (χ3n) is 2.75. The number of aliphatic hydroxyl groups is 1. The molecule has 1 N–H and O–H groups in total. The van der Waals surface area contributed by atoms with Crippen molar-refractivity contribution in [2.75, 3.05) is 13.2 Å². The monoisotopic (exact) mass is 196 g/mol. The highest BCUT2D eigenvalue weighted by molar-refractivity contribution is 5.03. The van der Waals surface area contributed by atoms with Crippen LogP contribution in [0.1, 0.15) is 24.3 Å². The Morgan fingerprint density at radius 2 is 2.57 bits per heavy atom. The molecule has 1 saturated heterocycles. The highest BCUT2D eigenvalue weighted by Gasteiger charge is 2.24. The molecule has 1 aromatic rings. The summed E-state index contributed by atoms with van der Waals surface area (Å²) in [5.74, 6) is 0.892. The van der Waals surface area contributed by atoms with E-state index < -0.39 is 0 Å². The van der Waals surface area contributed by atoms with Gasteiger partial charge >= 0.3 is 0 Å². The van der Waals surface area contributed by atoms with Crippen LogP contribution in [0.3, 0.4) is 0 Å². The van der Waals surface area contributed by atoms with Gasteiger partial charge in [0.05, 0.1) is 18.8 Å². The summed E-state index contributed by atoms with van der Waals surface area (Å²) in [6.45, 7) is 3.98. The molecule has 1 fully saturated rings. The maximum absolute atomic E-state index is 9.13. The van der Waals surface area contributed by atoms with Crippen molar-refractivity contribution in [2.45, 2.75) is 32.4 Å². The quantitative estimate of drug-likeness (QED) is 0.781. The van der Waals surface area contributed by atoms with Crippen LogP contribution >= 0.6 is 0 Å². The summed E-state index contributed by atoms with van der Waals surface area (Å²) < 4.78 is 5.15. The van der Waals surface area contributed by atoms with Crippen molar-refractivity contribution in [3.8, 4) is 0 Å². The Balaban J connectivity index is 1.96. The number of rotatable bonds is 3. The van der Waals surface area contributed by atoms with E-state index in [1.165, 1.54) is 6.42 Å². The third-order valence-corrected chi connectivity index (χ3v) is 2.75. The Bertz CT molecular complexity index is 298. The van der Waals surface area contributed by atoms with Crippen LogP contribution in [0.5, 0.6) is 0 Å². The highest BCUT2D eigenvalue weighted by atomic mass is 16.5. The van der Waals surface area contributed by atoms with Gasteiger partial charge in [0.1, 0.15) is 0 Å². The highest BCUT2D eigenvalue weighted by Crippen LogP contribution is 2.19. The van der Waals surface area contributed by atoms with Crippen LogP contribution in [0.15, 0.2) is 10.6 Å². The molecule has 1 atom stereocenters. The average Bonchev–Trinajstić information content (AvgIpc) is 2.76. The summed E-state index contributed by atoms with van der Waals surface area (Å²) >= 11 is 0. The normalized spacial score (nSPS) is 23.1. The SMILES string of the molecule is Cc1cc(CN2CCC[C@@H]2CO)on1. The second kappa shape index (κ2) is 4.11. The van der Waals surface area contributed by atoms with Gasteiger partial charge in [-0.05, 0) is 26.3 Å². The van der Waals surface area contributed by atoms with E-state index in [4.69, 9.17) is 9.63 Å². The van der Waals surface area contributed by atoms with Gasteiger partial charge in [0.25, 0.3) is 0 Å². The largest absolute Gasteiger partial charge is 0.395 e. The third kappa shape index (κ3) is 1.96. The van der Waals surface area contributed by atoms with E-state index in [-0.39, 0.29) is 6.61 Å². The molecule has 78 valence electrons. The number of aryl methyl sites for hydroxylation is 1. The smallest absolute Gasteiger partial charge is 0.150 e. The Labute approximate surface area is 83.5 Å². The summed E-state index contributed by atoms with van der Waals surface area (Å²) in [7, 11) is 0. The molecule has 2 rings (SSSR count). The molecular weight excluding hydrogens is 180 g/mol. The second-order valence-electron chi connectivity index (χ2n) is 3.88. The minimum Gasteiger partial charge on any atom is -0.395 e. The summed E-state index contributed by atoms with van der Waals surface area (Å²) in [5, 5.41) is 13.0. The summed E-state index contributed by atoms with van der Waals surface area (Å²) in [5.41, 5.74) is 0.916. The number of nitrogens with zero attached hydrogens (tertiary/aromatic N) is 2. The second-order valence-corrected chi connectivity index (χ2v) is 3.88. The van der Waals surface area contributed by atoms with Crippen LogP contribution in [0.25, 0.3) is 0 Å². The van der Waals surface area contributed by atoms with Crippen LogP contribution in [-0.4, -0.2) is 34.4 Å². The fourth-order valence-corrected chi connectivity index (χ4v) is 2.00. The lowest BCUT2D eigenvalue weighted by atomic mass is 10.2. The fourth-order valence-electron chi connectivity index (χ4n) is 2.00. The minimum atomic E-state index is 0.243. The van der Waals surface area contributed by atoms with Crippen LogP contribution in [0, 0.1) is 6.92 Å². The average molecular weight is 196 g/mol. The molecule has 1 aromatic heterocycles. The van der Waals surface area contributed by atoms with E-state index in [1.54, 1.807) is 0 Å². The Morgan fingerprint density at radius 1 is 1.71 bits per heavy atom. The number of aromatic nitrogens is 1. The molecule has 0 saturated carbocycles. The van der Waals surface area contributed by atoms with Crippen molar-refractivity contribution >= 4 is 0 Å². The lowest BCUT2D eigenvalue weighted by molar-refractivity contribution is 0.143. The van der Waals surface area contributed by atoms with E-state index in [0.29, 0.717) is 6.04 Å². The lowest BCUT2D eigenvalue weighted by Gasteiger charge is -2.20. The van der Waals surface area contributed by atoms with Crippen molar-refractivity contribution in [1.29, 1.82) is 0 Å². The first-order chi connectivity index (χ1) is 6.79. The van der Waals surface area contributed by atoms with Gasteiger partial charge in [0.15, 0.2) is 5.76 Å². The number of aliphatic hydroxyl groups excluding tert-OH is 1. The van der Waals surface area contributed by atoms with Gasteiger partial charge in [0.2, 0.25) is 0 Å². The predicted molar refractivity (Wildman–Crippen MR) is 51.8 cm³/mol. The van der Waals surface area contributed by atoms with Gasteiger partial charge < -0.3 is 9.63 Å². The van der Waals surface area contributed by atoms with E-state index in [1.807, 2.05) is 13.0 Å². The van der Waals surface area contributed by atoms with E-state index >= 15 is 0 Å². The van der Waals surface area contributed by atoms with Crippen molar-refractivity contribution in [2.24, 2.45) is 0 Å². The van der Waals surface area contributed by atoms with Crippen LogP contribution in [0.4, 0.5) is 0 Å². The zero-order chi connectivity index (χ0) is 9.97. The lowest BCUT2D eigenvalue weighted by Crippen LogP contribution is -2.31. The molecule has 2 heterocycles. The van der Waals surface area contributed by atoms with Crippen molar-refractivity contribution in [1.82, 2.24) is 10.1 Å². The first-order valence-electron chi connectivity index (χ1n) is 5.06. The molecule has 1 aliphatic heterocycles. The molecule has 4 heteroatoms. The minimum absolute atomic E-state index is 0.243. The number of hydrogen-bond acceptors (Lipinski definition) is 4. The Morgan fingerprint density at radius 3 is 3.21 bits per heavy atom. The Kier molecular flexibility index (Phi) is 2.84. The molecule has 0 unspecified atom stereocenters. The zero-order valence-electron chi connectivity index (χ0n) is 8.44. The van der Waals surface area contributed by atoms with Crippen LogP contribution in [-0.2, 0) is 6.54 Å². The molecule has 14 heavy (non-hydrogen) atoms. The van der Waals surface area contributed by atoms with Crippen LogP contribution in [0.2, 0.25) is 0 Å². The van der Waals surface area contributed by atoms with Crippen molar-refractivity contribution in [3.05, 3.63) is 17.5 Å². The van der Waals surface area contributed by atoms with Gasteiger partial charge in [-0.3, -0.25) is 4.90 Å². The maximum atomic E-state index is 9.13. The summed E-state index contributed by atoms with van der Waals surface area (Å²) in [4.78, 5) is 2.25. The zero-order valence-corrected chi connectivity index (χ0v) is 8.44. The molecule has 0 aromatic carbocycles. The molecule has 0 aliphatic carbocycles. The van der Waals surface area contributed by atoms with Crippen LogP contribution < -0.4 is 0 Å². The first-order valence-corrected chi connectivity index (χ1v) is 5.06. The molecular formula is C10H16N2O2. The molecule has 0 spiro atoms. The molecule has 0 bridgehead atoms. The van der Waals surface area contributed by atoms with Gasteiger partial charge in [-0.15, -0.1) is 0 Å². The predicted octanol–water partition coefficient (Wildman–Crippen LogP) is 0.940. The Hall–Kier alpha value is -0.870. The topological polar surface area (TPSA) is 49.5 Å². The van der Waals surface area contributed by atoms with Crippen molar-refractivity contribution in [3.63, 3.8) is 0 Å². The van der Waals surface area contributed by atoms with Gasteiger partial charge in [0, 0.05) is 12.1 Å². The van der Waals surface area contributed by atoms with E-state index in [0.717, 1.165) is 31.0 Å². The summed E-state index contributed by atoms with van der Waals surface area (Å²) in [6.07, 6.45) is 2.25. The summed E-state index contributed by atoms with van der Waals surface area (Å²) in [6, 6.07) is 2.26. The fraction of sp³-hybridized carbons (Fsp3) is 0.700. The molecule has 0 amide bonds. The molecule has 1 aliphatic rings. The molecule has 4 nitrogen and oxygen atoms in total. The first kappa shape index (κ1) is 9.68. The maximum Gasteiger partial charge on any atom is 0.150 e. The van der Waals surface area contributed by atoms with E-state index in [2.05, 4.69) is 10.1 Å². The standard InChI is InChI=1S/C10H16N2O2/c1-8-5-10(14-11-8)6-12-4-2-3-9(12)7-13/h5,9,13H,2-4,6-7H2,1H3/t9-/m1/s1. The van der Waals surface area contributed by atoms with Gasteiger partial charge in [-0.2, -0.15) is 0 Å². The van der Waals surface area contributed by atoms with E-state index in [9.17, 15) is 0 Å².